The Balaban J connectivity index is 3.33. The molecule has 0 heterocycles. The summed E-state index contributed by atoms with van der Waals surface area (Å²) in [5, 5.41) is 35.2. The summed E-state index contributed by atoms with van der Waals surface area (Å²) in [6, 6.07) is 1.90. The van der Waals surface area contributed by atoms with Crippen molar-refractivity contribution >= 4 is 57.9 Å². The van der Waals surface area contributed by atoms with E-state index in [4.69, 9.17) is 23.2 Å². The van der Waals surface area contributed by atoms with Crippen LogP contribution in [0, 0.1) is 0 Å². The van der Waals surface area contributed by atoms with Crippen LogP contribution in [-0.4, -0.2) is 44.3 Å². The van der Waals surface area contributed by atoms with Crippen molar-refractivity contribution < 1.29 is 39.6 Å². The van der Waals surface area contributed by atoms with E-state index in [0.717, 1.165) is 12.1 Å². The molecule has 0 aliphatic rings. The summed E-state index contributed by atoms with van der Waals surface area (Å²) in [6.45, 7) is 0. The lowest BCUT2D eigenvalue weighted by atomic mass is 9.91. The van der Waals surface area contributed by atoms with Crippen LogP contribution in [0.5, 0.6) is 0 Å². The molecule has 0 aromatic heterocycles. The third-order valence-corrected chi connectivity index (χ3v) is 3.78. The number of benzene rings is 2. The van der Waals surface area contributed by atoms with Crippen LogP contribution in [0.25, 0.3) is 10.8 Å². The molecular weight excluding hydrogens is 367 g/mol. The lowest BCUT2D eigenvalue weighted by molar-refractivity contribution is 0.0650. The topological polar surface area (TPSA) is 149 Å². The molecule has 2 aromatic rings. The minimum absolute atomic E-state index is 0.183. The molecule has 0 aliphatic carbocycles. The van der Waals surface area contributed by atoms with Gasteiger partial charge in [0.15, 0.2) is 0 Å². The highest BCUT2D eigenvalue weighted by Gasteiger charge is 2.31. The summed E-state index contributed by atoms with van der Waals surface area (Å²) in [4.78, 5) is 45.8. The minimum Gasteiger partial charge on any atom is -0.478 e. The first-order valence-corrected chi connectivity index (χ1v) is 6.75. The van der Waals surface area contributed by atoms with Crippen LogP contribution in [0.2, 0.25) is 10.0 Å². The lowest BCUT2D eigenvalue weighted by Crippen LogP contribution is -2.15. The van der Waals surface area contributed by atoms with Gasteiger partial charge in [0.2, 0.25) is 0 Å². The van der Waals surface area contributed by atoms with Crippen LogP contribution < -0.4 is 0 Å². The monoisotopic (exact) mass is 372 g/mol. The normalized spacial score (nSPS) is 10.6. The van der Waals surface area contributed by atoms with Gasteiger partial charge in [-0.25, -0.2) is 19.2 Å². The van der Waals surface area contributed by atoms with Gasteiger partial charge in [0.05, 0.1) is 27.3 Å². The molecule has 0 spiro atoms. The van der Waals surface area contributed by atoms with E-state index in [1.165, 1.54) is 0 Å². The molecule has 0 fully saturated rings. The summed E-state index contributed by atoms with van der Waals surface area (Å²) >= 11 is 11.6. The van der Waals surface area contributed by atoms with Crippen molar-refractivity contribution in [1.82, 2.24) is 0 Å². The minimum atomic E-state index is -1.81. The Labute approximate surface area is 142 Å². The van der Waals surface area contributed by atoms with Crippen LogP contribution >= 0.6 is 23.2 Å². The fourth-order valence-electron chi connectivity index (χ4n) is 2.34. The predicted molar refractivity (Wildman–Crippen MR) is 81.8 cm³/mol. The maximum Gasteiger partial charge on any atom is 0.338 e. The first-order valence-electron chi connectivity index (χ1n) is 5.99. The number of carbonyl (C=O) groups is 4. The predicted octanol–water partition coefficient (Wildman–Crippen LogP) is 2.94. The SMILES string of the molecule is O=C(O)c1c(Cl)c(C(=O)O)c2cc(Cl)cc(C(=O)O)c2c1C(=O)O. The van der Waals surface area contributed by atoms with Gasteiger partial charge in [0.25, 0.3) is 0 Å². The summed E-state index contributed by atoms with van der Waals surface area (Å²) in [6.07, 6.45) is 0. The standard InChI is InChI=1S/C14H6Cl2O8/c15-3-1-4-6(5(2-3)11(17)18)8(13(21)22)9(14(23)24)10(16)7(4)12(19)20/h1-2H,(H,17,18)(H,19,20)(H,21,22)(H,23,24). The Morgan fingerprint density at radius 3 is 1.62 bits per heavy atom. The van der Waals surface area contributed by atoms with Crippen molar-refractivity contribution in [3.63, 3.8) is 0 Å². The number of hydrogen-bond donors (Lipinski definition) is 4. The highest BCUT2D eigenvalue weighted by Crippen LogP contribution is 2.38. The molecular formula is C14H6Cl2O8. The number of carboxylic acids is 4. The zero-order valence-electron chi connectivity index (χ0n) is 11.3. The molecule has 0 saturated heterocycles. The molecule has 2 aromatic carbocycles. The Hall–Kier alpha value is -2.84. The Bertz CT molecular complexity index is 948. The Morgan fingerprint density at radius 1 is 0.708 bits per heavy atom. The van der Waals surface area contributed by atoms with Gasteiger partial charge in [-0.05, 0) is 12.1 Å². The molecule has 0 aliphatic heterocycles. The van der Waals surface area contributed by atoms with Crippen molar-refractivity contribution in [2.75, 3.05) is 0 Å². The van der Waals surface area contributed by atoms with Crippen LogP contribution in [0.15, 0.2) is 12.1 Å². The van der Waals surface area contributed by atoms with Gasteiger partial charge >= 0.3 is 23.9 Å². The quantitative estimate of drug-likeness (QED) is 0.639. The molecule has 124 valence electrons. The van der Waals surface area contributed by atoms with Crippen molar-refractivity contribution in [3.8, 4) is 0 Å². The number of halogens is 2. The van der Waals surface area contributed by atoms with E-state index in [-0.39, 0.29) is 10.4 Å². The Morgan fingerprint density at radius 2 is 1.21 bits per heavy atom. The smallest absolute Gasteiger partial charge is 0.338 e. The van der Waals surface area contributed by atoms with Crippen molar-refractivity contribution in [1.29, 1.82) is 0 Å². The van der Waals surface area contributed by atoms with Gasteiger partial charge in [-0.15, -0.1) is 0 Å². The summed E-state index contributed by atoms with van der Waals surface area (Å²) < 4.78 is 0. The second-order valence-corrected chi connectivity index (χ2v) is 5.35. The molecule has 0 unspecified atom stereocenters. The van der Waals surface area contributed by atoms with E-state index in [2.05, 4.69) is 0 Å². The van der Waals surface area contributed by atoms with Crippen LogP contribution in [0.1, 0.15) is 41.4 Å². The van der Waals surface area contributed by atoms with Gasteiger partial charge in [-0.3, -0.25) is 0 Å². The zero-order chi connectivity index (χ0) is 18.3. The van der Waals surface area contributed by atoms with E-state index in [1.807, 2.05) is 0 Å². The number of carboxylic acid groups (broad SMARTS) is 4. The second kappa shape index (κ2) is 5.99. The largest absolute Gasteiger partial charge is 0.478 e. The number of rotatable bonds is 4. The third kappa shape index (κ3) is 2.61. The van der Waals surface area contributed by atoms with E-state index in [9.17, 15) is 39.6 Å². The third-order valence-electron chi connectivity index (χ3n) is 3.18. The van der Waals surface area contributed by atoms with E-state index in [1.54, 1.807) is 0 Å². The van der Waals surface area contributed by atoms with Crippen molar-refractivity contribution in [2.24, 2.45) is 0 Å². The molecule has 2 rings (SSSR count). The van der Waals surface area contributed by atoms with Gasteiger partial charge in [-0.2, -0.15) is 0 Å². The molecule has 8 nitrogen and oxygen atoms in total. The second-order valence-electron chi connectivity index (χ2n) is 4.54. The summed E-state index contributed by atoms with van der Waals surface area (Å²) in [5.74, 6) is -6.86. The molecule has 0 saturated carbocycles. The molecule has 0 radical (unpaired) electrons. The maximum absolute atomic E-state index is 11.5. The van der Waals surface area contributed by atoms with Gasteiger partial charge in [0, 0.05) is 15.8 Å². The molecule has 0 bridgehead atoms. The number of fused-ring (bicyclic) bond motifs is 1. The van der Waals surface area contributed by atoms with E-state index < -0.39 is 56.5 Å². The van der Waals surface area contributed by atoms with Crippen molar-refractivity contribution in [2.45, 2.75) is 0 Å². The van der Waals surface area contributed by atoms with Crippen LogP contribution in [-0.2, 0) is 0 Å². The molecule has 10 heteroatoms. The summed E-state index contributed by atoms with van der Waals surface area (Å²) in [5.41, 5.74) is -3.35. The number of hydrogen-bond acceptors (Lipinski definition) is 4. The lowest BCUT2D eigenvalue weighted by Gasteiger charge is -2.15. The highest BCUT2D eigenvalue weighted by atomic mass is 35.5. The number of aromatic carboxylic acids is 4. The van der Waals surface area contributed by atoms with Crippen LogP contribution in [0.3, 0.4) is 0 Å². The summed E-state index contributed by atoms with van der Waals surface area (Å²) in [7, 11) is 0. The average Bonchev–Trinajstić information content (AvgIpc) is 2.43. The van der Waals surface area contributed by atoms with E-state index >= 15 is 0 Å². The molecule has 0 atom stereocenters. The fourth-order valence-corrected chi connectivity index (χ4v) is 2.92. The van der Waals surface area contributed by atoms with Gasteiger partial charge in [-0.1, -0.05) is 23.2 Å². The first-order chi connectivity index (χ1) is 11.1. The maximum atomic E-state index is 11.5. The van der Waals surface area contributed by atoms with Crippen molar-refractivity contribution in [3.05, 3.63) is 44.4 Å². The van der Waals surface area contributed by atoms with Gasteiger partial charge in [0.1, 0.15) is 0 Å². The van der Waals surface area contributed by atoms with Gasteiger partial charge < -0.3 is 20.4 Å². The zero-order valence-corrected chi connectivity index (χ0v) is 12.8. The van der Waals surface area contributed by atoms with E-state index in [0.29, 0.717) is 0 Å². The molecule has 4 N–H and O–H groups in total. The molecule has 0 amide bonds. The fraction of sp³-hybridized carbons (Fsp3) is 0. The molecule has 24 heavy (non-hydrogen) atoms. The highest BCUT2D eigenvalue weighted by molar-refractivity contribution is 6.41. The first kappa shape index (κ1) is 17.5. The Kier molecular flexibility index (Phi) is 4.37. The average molecular weight is 373 g/mol. The van der Waals surface area contributed by atoms with Crippen LogP contribution in [0.4, 0.5) is 0 Å².